The van der Waals surface area contributed by atoms with Crippen molar-refractivity contribution >= 4 is 16.8 Å². The Morgan fingerprint density at radius 1 is 1.39 bits per heavy atom. The lowest BCUT2D eigenvalue weighted by atomic mass is 10.1. The minimum Gasteiger partial charge on any atom is -0.346 e. The number of pyridine rings is 1. The predicted octanol–water partition coefficient (Wildman–Crippen LogP) is 1.77. The molecule has 0 aromatic carbocycles. The van der Waals surface area contributed by atoms with Crippen LogP contribution in [0, 0.1) is 0 Å². The van der Waals surface area contributed by atoms with Crippen molar-refractivity contribution in [1.82, 2.24) is 14.9 Å². The molecule has 0 unspecified atom stereocenters. The molecule has 0 aliphatic carbocycles. The maximum Gasteiger partial charge on any atom is 0.151 e. The number of likely N-dealkylation sites (tertiary alicyclic amines) is 1. The van der Waals surface area contributed by atoms with Gasteiger partial charge in [-0.05, 0) is 43.6 Å². The highest BCUT2D eigenvalue weighted by Gasteiger charge is 2.15. The summed E-state index contributed by atoms with van der Waals surface area (Å²) in [5, 5.41) is 1.07. The highest BCUT2D eigenvalue weighted by Crippen LogP contribution is 2.13. The van der Waals surface area contributed by atoms with Gasteiger partial charge in [0.2, 0.25) is 0 Å². The van der Waals surface area contributed by atoms with Crippen molar-refractivity contribution in [1.29, 1.82) is 0 Å². The van der Waals surface area contributed by atoms with E-state index in [-0.39, 0.29) is 5.78 Å². The van der Waals surface area contributed by atoms with E-state index in [0.717, 1.165) is 29.7 Å². The van der Waals surface area contributed by atoms with E-state index in [0.29, 0.717) is 13.0 Å². The minimum absolute atomic E-state index is 0.286. The van der Waals surface area contributed by atoms with Crippen LogP contribution in [0.3, 0.4) is 0 Å². The Labute approximate surface area is 106 Å². The monoisotopic (exact) mass is 243 g/mol. The van der Waals surface area contributed by atoms with Crippen molar-refractivity contribution in [3.05, 3.63) is 30.1 Å². The Kier molecular flexibility index (Phi) is 3.11. The van der Waals surface area contributed by atoms with Gasteiger partial charge in [0.1, 0.15) is 5.65 Å². The van der Waals surface area contributed by atoms with Gasteiger partial charge in [-0.1, -0.05) is 0 Å². The molecule has 0 bridgehead atoms. The van der Waals surface area contributed by atoms with E-state index in [1.165, 1.54) is 12.8 Å². The van der Waals surface area contributed by atoms with Crippen molar-refractivity contribution in [2.24, 2.45) is 0 Å². The Morgan fingerprint density at radius 3 is 3.06 bits per heavy atom. The van der Waals surface area contributed by atoms with Gasteiger partial charge >= 0.3 is 0 Å². The number of carbonyl (C=O) groups is 1. The first-order valence-electron chi connectivity index (χ1n) is 6.47. The molecule has 0 radical (unpaired) electrons. The van der Waals surface area contributed by atoms with E-state index in [1.807, 2.05) is 18.3 Å². The summed E-state index contributed by atoms with van der Waals surface area (Å²) < 4.78 is 0. The number of Topliss-reactive ketones (excluding diaryl/α,β-unsaturated/α-hetero) is 1. The number of fused-ring (bicyclic) bond motifs is 1. The van der Waals surface area contributed by atoms with Crippen LogP contribution in [-0.2, 0) is 11.2 Å². The highest BCUT2D eigenvalue weighted by molar-refractivity contribution is 5.84. The van der Waals surface area contributed by atoms with Crippen LogP contribution in [0.2, 0.25) is 0 Å². The number of nitrogens with zero attached hydrogens (tertiary/aromatic N) is 2. The SMILES string of the molecule is O=C(Cc1cnc2[nH]ccc2c1)CN1CCCC1. The van der Waals surface area contributed by atoms with Crippen LogP contribution >= 0.6 is 0 Å². The lowest BCUT2D eigenvalue weighted by Gasteiger charge is -2.12. The molecule has 1 aliphatic heterocycles. The smallest absolute Gasteiger partial charge is 0.151 e. The van der Waals surface area contributed by atoms with E-state index in [2.05, 4.69) is 14.9 Å². The van der Waals surface area contributed by atoms with Gasteiger partial charge in [0.15, 0.2) is 5.78 Å². The summed E-state index contributed by atoms with van der Waals surface area (Å²) in [4.78, 5) is 21.6. The Morgan fingerprint density at radius 2 is 2.22 bits per heavy atom. The molecule has 94 valence electrons. The topological polar surface area (TPSA) is 49.0 Å². The number of ketones is 1. The summed E-state index contributed by atoms with van der Waals surface area (Å²) in [6.45, 7) is 2.73. The number of aromatic nitrogens is 2. The maximum absolute atomic E-state index is 12.0. The molecule has 2 aromatic rings. The lowest BCUT2D eigenvalue weighted by Crippen LogP contribution is -2.27. The Hall–Kier alpha value is -1.68. The third-order valence-electron chi connectivity index (χ3n) is 3.46. The number of aromatic amines is 1. The van der Waals surface area contributed by atoms with Crippen LogP contribution in [0.25, 0.3) is 11.0 Å². The van der Waals surface area contributed by atoms with Gasteiger partial charge < -0.3 is 4.98 Å². The van der Waals surface area contributed by atoms with E-state index in [1.54, 1.807) is 6.20 Å². The molecule has 1 N–H and O–H groups in total. The lowest BCUT2D eigenvalue weighted by molar-refractivity contribution is -0.119. The largest absolute Gasteiger partial charge is 0.346 e. The number of nitrogens with one attached hydrogen (secondary N) is 1. The zero-order valence-corrected chi connectivity index (χ0v) is 10.4. The molecule has 2 aromatic heterocycles. The minimum atomic E-state index is 0.286. The molecule has 0 amide bonds. The number of H-pyrrole nitrogens is 1. The fourth-order valence-electron chi connectivity index (χ4n) is 2.56. The van der Waals surface area contributed by atoms with Crippen LogP contribution in [0.15, 0.2) is 24.5 Å². The summed E-state index contributed by atoms with van der Waals surface area (Å²) in [7, 11) is 0. The summed E-state index contributed by atoms with van der Waals surface area (Å²) >= 11 is 0. The molecule has 0 spiro atoms. The first-order valence-corrected chi connectivity index (χ1v) is 6.47. The molecule has 1 aliphatic rings. The molecule has 18 heavy (non-hydrogen) atoms. The van der Waals surface area contributed by atoms with Crippen LogP contribution in [-0.4, -0.2) is 40.3 Å². The van der Waals surface area contributed by atoms with Gasteiger partial charge in [0, 0.05) is 24.2 Å². The van der Waals surface area contributed by atoms with Crippen LogP contribution < -0.4 is 0 Å². The fraction of sp³-hybridized carbons (Fsp3) is 0.429. The number of carbonyl (C=O) groups excluding carboxylic acids is 1. The Bertz CT molecular complexity index is 555. The summed E-state index contributed by atoms with van der Waals surface area (Å²) in [6, 6.07) is 4.03. The van der Waals surface area contributed by atoms with Crippen LogP contribution in [0.4, 0.5) is 0 Å². The summed E-state index contributed by atoms with van der Waals surface area (Å²) in [5.74, 6) is 0.286. The molecule has 0 atom stereocenters. The van der Waals surface area contributed by atoms with Crippen molar-refractivity contribution in [3.63, 3.8) is 0 Å². The molecular weight excluding hydrogens is 226 g/mol. The molecule has 4 nitrogen and oxygen atoms in total. The summed E-state index contributed by atoms with van der Waals surface area (Å²) in [5.41, 5.74) is 1.89. The first-order chi connectivity index (χ1) is 8.81. The van der Waals surface area contributed by atoms with E-state index >= 15 is 0 Å². The predicted molar refractivity (Wildman–Crippen MR) is 70.5 cm³/mol. The molecular formula is C14H17N3O. The van der Waals surface area contributed by atoms with Crippen LogP contribution in [0.5, 0.6) is 0 Å². The molecule has 1 saturated heterocycles. The zero-order valence-electron chi connectivity index (χ0n) is 10.4. The average molecular weight is 243 g/mol. The number of rotatable bonds is 4. The molecule has 3 rings (SSSR count). The molecule has 3 heterocycles. The van der Waals surface area contributed by atoms with Gasteiger partial charge in [0.25, 0.3) is 0 Å². The second-order valence-electron chi connectivity index (χ2n) is 4.96. The Balaban J connectivity index is 1.65. The van der Waals surface area contributed by atoms with Crippen molar-refractivity contribution in [3.8, 4) is 0 Å². The first kappa shape index (κ1) is 11.4. The van der Waals surface area contributed by atoms with Crippen molar-refractivity contribution in [2.45, 2.75) is 19.3 Å². The second-order valence-corrected chi connectivity index (χ2v) is 4.96. The normalized spacial score (nSPS) is 16.4. The third kappa shape index (κ3) is 2.43. The molecule has 1 fully saturated rings. The maximum atomic E-state index is 12.0. The quantitative estimate of drug-likeness (QED) is 0.890. The number of hydrogen-bond donors (Lipinski definition) is 1. The van der Waals surface area contributed by atoms with E-state index in [9.17, 15) is 4.79 Å². The van der Waals surface area contributed by atoms with Gasteiger partial charge in [-0.25, -0.2) is 4.98 Å². The van der Waals surface area contributed by atoms with Crippen molar-refractivity contribution in [2.75, 3.05) is 19.6 Å². The van der Waals surface area contributed by atoms with Gasteiger partial charge in [0.05, 0.1) is 6.54 Å². The standard InChI is InChI=1S/C14H17N3O/c18-13(10-17-5-1-2-6-17)8-11-7-12-3-4-15-14(12)16-9-11/h3-4,7,9H,1-2,5-6,8,10H2,(H,15,16). The number of hydrogen-bond acceptors (Lipinski definition) is 3. The van der Waals surface area contributed by atoms with Crippen LogP contribution in [0.1, 0.15) is 18.4 Å². The second kappa shape index (κ2) is 4.90. The third-order valence-corrected chi connectivity index (χ3v) is 3.46. The van der Waals surface area contributed by atoms with Gasteiger partial charge in [-0.2, -0.15) is 0 Å². The molecule has 0 saturated carbocycles. The average Bonchev–Trinajstić information content (AvgIpc) is 2.98. The summed E-state index contributed by atoms with van der Waals surface area (Å²) in [6.07, 6.45) is 6.60. The highest BCUT2D eigenvalue weighted by atomic mass is 16.1. The zero-order chi connectivity index (χ0) is 12.4. The van der Waals surface area contributed by atoms with E-state index in [4.69, 9.17) is 0 Å². The van der Waals surface area contributed by atoms with E-state index < -0.39 is 0 Å². The fourth-order valence-corrected chi connectivity index (χ4v) is 2.56. The molecule has 4 heteroatoms. The van der Waals surface area contributed by atoms with Gasteiger partial charge in [-0.3, -0.25) is 9.69 Å². The van der Waals surface area contributed by atoms with Crippen molar-refractivity contribution < 1.29 is 4.79 Å². The van der Waals surface area contributed by atoms with Gasteiger partial charge in [-0.15, -0.1) is 0 Å².